The average molecular weight is 348 g/mol. The highest BCUT2D eigenvalue weighted by molar-refractivity contribution is 6.41. The van der Waals surface area contributed by atoms with Crippen molar-refractivity contribution in [2.24, 2.45) is 5.10 Å². The summed E-state index contributed by atoms with van der Waals surface area (Å²) >= 11 is 23.8. The maximum atomic E-state index is 6.07. The third-order valence-electron chi connectivity index (χ3n) is 2.60. The maximum absolute atomic E-state index is 6.07. The van der Waals surface area contributed by atoms with Gasteiger partial charge in [0.2, 0.25) is 0 Å². The minimum atomic E-state index is 0.412. The summed E-state index contributed by atoms with van der Waals surface area (Å²) in [5.41, 5.74) is 5.10. The van der Waals surface area contributed by atoms with Gasteiger partial charge >= 0.3 is 0 Å². The molecule has 0 unspecified atom stereocenters. The first-order chi connectivity index (χ1) is 9.47. The molecule has 20 heavy (non-hydrogen) atoms. The van der Waals surface area contributed by atoms with Crippen molar-refractivity contribution in [3.05, 3.63) is 62.1 Å². The van der Waals surface area contributed by atoms with E-state index < -0.39 is 0 Å². The lowest BCUT2D eigenvalue weighted by molar-refractivity contribution is 1.32. The smallest absolute Gasteiger partial charge is 0.0935 e. The fourth-order valence-corrected chi connectivity index (χ4v) is 2.57. The van der Waals surface area contributed by atoms with Gasteiger partial charge in [0.25, 0.3) is 0 Å². The number of rotatable bonds is 3. The molecule has 0 radical (unpaired) electrons. The standard InChI is InChI=1S/C14H10Cl4N2/c1-8(9-2-4-10(15)5-3-9)19-20-14-12(17)6-11(16)7-13(14)18/h2-7,20H,1H3/b19-8-. The zero-order valence-electron chi connectivity index (χ0n) is 10.4. The maximum Gasteiger partial charge on any atom is 0.0935 e. The van der Waals surface area contributed by atoms with Crippen molar-refractivity contribution in [2.45, 2.75) is 6.92 Å². The lowest BCUT2D eigenvalue weighted by Gasteiger charge is -2.08. The molecule has 2 rings (SSSR count). The SMILES string of the molecule is C/C(=N/Nc1c(Cl)cc(Cl)cc1Cl)c1ccc(Cl)cc1. The van der Waals surface area contributed by atoms with E-state index in [9.17, 15) is 0 Å². The van der Waals surface area contributed by atoms with Crippen molar-refractivity contribution < 1.29 is 0 Å². The highest BCUT2D eigenvalue weighted by Crippen LogP contribution is 2.33. The molecule has 0 spiro atoms. The van der Waals surface area contributed by atoms with Gasteiger partial charge in [-0.1, -0.05) is 58.5 Å². The monoisotopic (exact) mass is 346 g/mol. The molecule has 0 heterocycles. The van der Waals surface area contributed by atoms with Gasteiger partial charge in [-0.25, -0.2) is 0 Å². The highest BCUT2D eigenvalue weighted by Gasteiger charge is 2.07. The number of nitrogens with one attached hydrogen (secondary N) is 1. The molecule has 2 aromatic rings. The van der Waals surface area contributed by atoms with E-state index in [1.165, 1.54) is 0 Å². The molecule has 104 valence electrons. The first kappa shape index (κ1) is 15.5. The highest BCUT2D eigenvalue weighted by atomic mass is 35.5. The lowest BCUT2D eigenvalue weighted by atomic mass is 10.1. The van der Waals surface area contributed by atoms with Gasteiger partial charge in [-0.3, -0.25) is 5.43 Å². The molecule has 0 saturated heterocycles. The second kappa shape index (κ2) is 6.68. The van der Waals surface area contributed by atoms with Crippen molar-refractivity contribution in [3.8, 4) is 0 Å². The normalized spacial score (nSPS) is 11.6. The molecule has 0 amide bonds. The van der Waals surface area contributed by atoms with Gasteiger partial charge < -0.3 is 0 Å². The third kappa shape index (κ3) is 3.80. The topological polar surface area (TPSA) is 24.4 Å². The van der Waals surface area contributed by atoms with Crippen LogP contribution in [-0.2, 0) is 0 Å². The Balaban J connectivity index is 2.23. The first-order valence-electron chi connectivity index (χ1n) is 5.68. The second-order valence-corrected chi connectivity index (χ2v) is 5.75. The summed E-state index contributed by atoms with van der Waals surface area (Å²) in [5.74, 6) is 0. The molecule has 0 fully saturated rings. The second-order valence-electron chi connectivity index (χ2n) is 4.06. The summed E-state index contributed by atoms with van der Waals surface area (Å²) in [6, 6.07) is 10.6. The van der Waals surface area contributed by atoms with Crippen LogP contribution in [-0.4, -0.2) is 5.71 Å². The van der Waals surface area contributed by atoms with Gasteiger partial charge in [-0.05, 0) is 36.8 Å². The van der Waals surface area contributed by atoms with Crippen LogP contribution >= 0.6 is 46.4 Å². The van der Waals surface area contributed by atoms with Crippen LogP contribution in [0.4, 0.5) is 5.69 Å². The van der Waals surface area contributed by atoms with Gasteiger partial charge in [0.1, 0.15) is 0 Å². The van der Waals surface area contributed by atoms with Crippen molar-refractivity contribution in [2.75, 3.05) is 5.43 Å². The number of benzene rings is 2. The molecule has 6 heteroatoms. The predicted octanol–water partition coefficient (Wildman–Crippen LogP) is 6.14. The fourth-order valence-electron chi connectivity index (χ4n) is 1.54. The van der Waals surface area contributed by atoms with Gasteiger partial charge in [-0.2, -0.15) is 5.10 Å². The Bertz CT molecular complexity index is 628. The summed E-state index contributed by atoms with van der Waals surface area (Å²) in [6.07, 6.45) is 0. The summed E-state index contributed by atoms with van der Waals surface area (Å²) in [4.78, 5) is 0. The van der Waals surface area contributed by atoms with E-state index in [1.54, 1.807) is 24.3 Å². The van der Waals surface area contributed by atoms with Crippen LogP contribution in [0.5, 0.6) is 0 Å². The molecular formula is C14H10Cl4N2. The fraction of sp³-hybridized carbons (Fsp3) is 0.0714. The molecule has 2 aromatic carbocycles. The van der Waals surface area contributed by atoms with Crippen molar-refractivity contribution >= 4 is 57.8 Å². The van der Waals surface area contributed by atoms with Crippen molar-refractivity contribution in [1.82, 2.24) is 0 Å². The minimum Gasteiger partial charge on any atom is -0.275 e. The van der Waals surface area contributed by atoms with Gasteiger partial charge in [0.15, 0.2) is 0 Å². The Labute approximate surface area is 137 Å². The number of halogens is 4. The van der Waals surface area contributed by atoms with Crippen LogP contribution in [0.15, 0.2) is 41.5 Å². The van der Waals surface area contributed by atoms with Crippen molar-refractivity contribution in [1.29, 1.82) is 0 Å². The number of hydrazone groups is 1. The Morgan fingerprint density at radius 1 is 0.900 bits per heavy atom. The van der Waals surface area contributed by atoms with E-state index in [2.05, 4.69) is 10.5 Å². The van der Waals surface area contributed by atoms with E-state index in [4.69, 9.17) is 46.4 Å². The number of hydrogen-bond donors (Lipinski definition) is 1. The van der Waals surface area contributed by atoms with Crippen LogP contribution in [0.25, 0.3) is 0 Å². The van der Waals surface area contributed by atoms with Crippen LogP contribution in [0, 0.1) is 0 Å². The molecule has 0 aromatic heterocycles. The summed E-state index contributed by atoms with van der Waals surface area (Å²) in [7, 11) is 0. The molecule has 0 aliphatic heterocycles. The van der Waals surface area contributed by atoms with Crippen molar-refractivity contribution in [3.63, 3.8) is 0 Å². The summed E-state index contributed by atoms with van der Waals surface area (Å²) in [6.45, 7) is 1.87. The molecule has 0 aliphatic carbocycles. The molecule has 1 N–H and O–H groups in total. The Morgan fingerprint density at radius 2 is 1.45 bits per heavy atom. The Kier molecular flexibility index (Phi) is 5.17. The summed E-state index contributed by atoms with van der Waals surface area (Å²) in [5, 5.41) is 6.24. The number of hydrogen-bond acceptors (Lipinski definition) is 2. The quantitative estimate of drug-likeness (QED) is 0.523. The number of nitrogens with zero attached hydrogens (tertiary/aromatic N) is 1. The zero-order valence-corrected chi connectivity index (χ0v) is 13.4. The molecule has 2 nitrogen and oxygen atoms in total. The van der Waals surface area contributed by atoms with Crippen LogP contribution in [0.2, 0.25) is 20.1 Å². The zero-order chi connectivity index (χ0) is 14.7. The average Bonchev–Trinajstić information content (AvgIpc) is 2.38. The van der Waals surface area contributed by atoms with E-state index in [-0.39, 0.29) is 0 Å². The van der Waals surface area contributed by atoms with E-state index >= 15 is 0 Å². The number of anilines is 1. The molecule has 0 bridgehead atoms. The van der Waals surface area contributed by atoms with E-state index in [0.717, 1.165) is 11.3 Å². The molecule has 0 atom stereocenters. The van der Waals surface area contributed by atoms with Crippen LogP contribution < -0.4 is 5.43 Å². The van der Waals surface area contributed by atoms with E-state index in [0.29, 0.717) is 25.8 Å². The van der Waals surface area contributed by atoms with Gasteiger partial charge in [0, 0.05) is 10.0 Å². The van der Waals surface area contributed by atoms with Gasteiger partial charge in [-0.15, -0.1) is 0 Å². The molecule has 0 aliphatic rings. The minimum absolute atomic E-state index is 0.412. The largest absolute Gasteiger partial charge is 0.275 e. The Morgan fingerprint density at radius 3 is 2.00 bits per heavy atom. The van der Waals surface area contributed by atoms with Crippen LogP contribution in [0.1, 0.15) is 12.5 Å². The lowest BCUT2D eigenvalue weighted by Crippen LogP contribution is -2.00. The summed E-state index contributed by atoms with van der Waals surface area (Å²) < 4.78 is 0. The Hall–Kier alpha value is -0.930. The van der Waals surface area contributed by atoms with Gasteiger partial charge in [0.05, 0.1) is 21.4 Å². The van der Waals surface area contributed by atoms with Crippen LogP contribution in [0.3, 0.4) is 0 Å². The predicted molar refractivity (Wildman–Crippen MR) is 88.8 cm³/mol. The van der Waals surface area contributed by atoms with E-state index in [1.807, 2.05) is 19.1 Å². The first-order valence-corrected chi connectivity index (χ1v) is 7.19. The molecule has 0 saturated carbocycles. The third-order valence-corrected chi connectivity index (χ3v) is 3.67. The molecular weight excluding hydrogens is 338 g/mol.